The zero-order chi connectivity index (χ0) is 15.8. The number of rotatable bonds is 8. The Balaban J connectivity index is 2.67. The Labute approximate surface area is 125 Å². The molecule has 0 heterocycles. The number of hydrogen-bond acceptors (Lipinski definition) is 3. The zero-order valence-corrected chi connectivity index (χ0v) is 12.3. The molecule has 4 nitrogen and oxygen atoms in total. The third-order valence-corrected chi connectivity index (χ3v) is 3.51. The molecule has 0 unspecified atom stereocenters. The maximum Gasteiger partial charge on any atom is 0.326 e. The molecular weight excluding hydrogens is 300 g/mol. The monoisotopic (exact) mass is 317 g/mol. The summed E-state index contributed by atoms with van der Waals surface area (Å²) in [6, 6.07) is 4.69. The number of hydrogen-bond donors (Lipinski definition) is 2. The predicted molar refractivity (Wildman–Crippen MR) is 76.7 cm³/mol. The Hall–Kier alpha value is -1.63. The third-order valence-electron chi connectivity index (χ3n) is 2.79. The van der Waals surface area contributed by atoms with Gasteiger partial charge in [0.1, 0.15) is 6.04 Å². The molecule has 0 aromatic heterocycles. The van der Waals surface area contributed by atoms with E-state index in [-0.39, 0.29) is 5.56 Å². The number of halogens is 2. The fourth-order valence-corrected chi connectivity index (χ4v) is 2.19. The summed E-state index contributed by atoms with van der Waals surface area (Å²) in [6.45, 7) is 1.93. The van der Waals surface area contributed by atoms with Crippen molar-refractivity contribution in [3.63, 3.8) is 0 Å². The van der Waals surface area contributed by atoms with Gasteiger partial charge in [-0.15, -0.1) is 0 Å². The van der Waals surface area contributed by atoms with Gasteiger partial charge in [-0.1, -0.05) is 31.5 Å². The highest BCUT2D eigenvalue weighted by Crippen LogP contribution is 2.25. The topological polar surface area (TPSA) is 66.4 Å². The van der Waals surface area contributed by atoms with E-state index in [0.29, 0.717) is 29.5 Å². The molecule has 0 aliphatic carbocycles. The van der Waals surface area contributed by atoms with Gasteiger partial charge >= 0.3 is 5.97 Å². The van der Waals surface area contributed by atoms with Crippen molar-refractivity contribution in [1.29, 1.82) is 0 Å². The normalized spacial score (nSPS) is 12.2. The molecule has 21 heavy (non-hydrogen) atoms. The van der Waals surface area contributed by atoms with Crippen LogP contribution in [0.25, 0.3) is 0 Å². The van der Waals surface area contributed by atoms with Crippen LogP contribution in [0, 0.1) is 0 Å². The molecule has 7 heteroatoms. The van der Waals surface area contributed by atoms with Crippen LogP contribution in [0.5, 0.6) is 0 Å². The second-order valence-corrected chi connectivity index (χ2v) is 5.47. The fraction of sp³-hybridized carbons (Fsp3) is 0.429. The Bertz CT molecular complexity index is 480. The summed E-state index contributed by atoms with van der Waals surface area (Å²) in [5, 5.41) is 11.5. The molecule has 1 rings (SSSR count). The van der Waals surface area contributed by atoms with Crippen molar-refractivity contribution >= 4 is 23.6 Å². The van der Waals surface area contributed by atoms with Crippen LogP contribution < -0.4 is 5.32 Å². The number of carbonyl (C=O) groups excluding carboxylic acids is 1. The van der Waals surface area contributed by atoms with Crippen LogP contribution in [0.3, 0.4) is 0 Å². The largest absolute Gasteiger partial charge is 0.480 e. The van der Waals surface area contributed by atoms with E-state index in [1.807, 2.05) is 6.92 Å². The van der Waals surface area contributed by atoms with Crippen LogP contribution >= 0.6 is 11.8 Å². The van der Waals surface area contributed by atoms with E-state index in [4.69, 9.17) is 5.11 Å². The minimum atomic E-state index is -2.52. The zero-order valence-electron chi connectivity index (χ0n) is 11.5. The van der Waals surface area contributed by atoms with Crippen molar-refractivity contribution in [2.45, 2.75) is 42.9 Å². The summed E-state index contributed by atoms with van der Waals surface area (Å²) in [4.78, 5) is 23.3. The lowest BCUT2D eigenvalue weighted by atomic mass is 10.1. The number of carboxylic acids is 1. The van der Waals surface area contributed by atoms with Crippen molar-refractivity contribution in [2.75, 3.05) is 0 Å². The number of benzene rings is 1. The number of alkyl halides is 2. The number of aliphatic carboxylic acids is 1. The maximum absolute atomic E-state index is 12.2. The lowest BCUT2D eigenvalue weighted by molar-refractivity contribution is -0.139. The Morgan fingerprint density at radius 1 is 1.29 bits per heavy atom. The van der Waals surface area contributed by atoms with Crippen LogP contribution in [0.2, 0.25) is 0 Å². The van der Waals surface area contributed by atoms with Gasteiger partial charge in [-0.25, -0.2) is 4.79 Å². The molecule has 2 N–H and O–H groups in total. The molecule has 0 aliphatic heterocycles. The minimum absolute atomic E-state index is 0.247. The quantitative estimate of drug-likeness (QED) is 0.721. The van der Waals surface area contributed by atoms with E-state index in [1.165, 1.54) is 24.3 Å². The van der Waals surface area contributed by atoms with Crippen LogP contribution in [0.1, 0.15) is 36.5 Å². The van der Waals surface area contributed by atoms with E-state index in [0.717, 1.165) is 6.42 Å². The van der Waals surface area contributed by atoms with Crippen molar-refractivity contribution in [2.24, 2.45) is 0 Å². The van der Waals surface area contributed by atoms with Crippen molar-refractivity contribution in [3.8, 4) is 0 Å². The molecule has 0 spiro atoms. The SMILES string of the molecule is CCCC[C@H](NC(=O)c1ccc(SC(F)F)cc1)C(=O)O. The van der Waals surface area contributed by atoms with E-state index in [9.17, 15) is 18.4 Å². The van der Waals surface area contributed by atoms with Gasteiger partial charge in [-0.2, -0.15) is 8.78 Å². The highest BCUT2D eigenvalue weighted by atomic mass is 32.2. The fourth-order valence-electron chi connectivity index (χ4n) is 1.69. The molecule has 1 atom stereocenters. The summed E-state index contributed by atoms with van der Waals surface area (Å²) < 4.78 is 24.4. The first kappa shape index (κ1) is 17.4. The molecule has 0 aliphatic rings. The number of carbonyl (C=O) groups is 2. The molecular formula is C14H17F2NO3S. The predicted octanol–water partition coefficient (Wildman–Crippen LogP) is 3.37. The van der Waals surface area contributed by atoms with Crippen LogP contribution in [-0.4, -0.2) is 28.8 Å². The Kier molecular flexibility index (Phi) is 7.14. The van der Waals surface area contributed by atoms with Crippen molar-refractivity contribution in [3.05, 3.63) is 29.8 Å². The highest BCUT2D eigenvalue weighted by molar-refractivity contribution is 7.99. The Morgan fingerprint density at radius 2 is 1.90 bits per heavy atom. The standard InChI is InChI=1S/C14H17F2NO3S/c1-2-3-4-11(13(19)20)17-12(18)9-5-7-10(8-6-9)21-14(15)16/h5-8,11,14H,2-4H2,1H3,(H,17,18)(H,19,20)/t11-/m0/s1. The summed E-state index contributed by atoms with van der Waals surface area (Å²) in [7, 11) is 0. The van der Waals surface area contributed by atoms with E-state index in [1.54, 1.807) is 0 Å². The Morgan fingerprint density at radius 3 is 2.38 bits per heavy atom. The second-order valence-electron chi connectivity index (χ2n) is 4.41. The van der Waals surface area contributed by atoms with Crippen LogP contribution in [0.4, 0.5) is 8.78 Å². The number of amides is 1. The number of unbranched alkanes of at least 4 members (excludes halogenated alkanes) is 1. The molecule has 0 saturated carbocycles. The first-order valence-electron chi connectivity index (χ1n) is 6.52. The third kappa shape index (κ3) is 6.12. The molecule has 1 amide bonds. The maximum atomic E-state index is 12.2. The molecule has 116 valence electrons. The summed E-state index contributed by atoms with van der Waals surface area (Å²) in [5.74, 6) is -4.12. The first-order valence-corrected chi connectivity index (χ1v) is 7.40. The van der Waals surface area contributed by atoms with E-state index in [2.05, 4.69) is 5.32 Å². The van der Waals surface area contributed by atoms with Crippen molar-refractivity contribution in [1.82, 2.24) is 5.32 Å². The van der Waals surface area contributed by atoms with Gasteiger partial charge in [0.05, 0.1) is 0 Å². The molecule has 0 fully saturated rings. The smallest absolute Gasteiger partial charge is 0.326 e. The summed E-state index contributed by atoms with van der Waals surface area (Å²) >= 11 is 0.390. The summed E-state index contributed by atoms with van der Waals surface area (Å²) in [5.41, 5.74) is 0.247. The number of carboxylic acid groups (broad SMARTS) is 1. The van der Waals surface area contributed by atoms with Crippen molar-refractivity contribution < 1.29 is 23.5 Å². The molecule has 1 aromatic rings. The number of thioether (sulfide) groups is 1. The van der Waals surface area contributed by atoms with Gasteiger partial charge in [0, 0.05) is 10.5 Å². The van der Waals surface area contributed by atoms with E-state index < -0.39 is 23.7 Å². The van der Waals surface area contributed by atoms with Gasteiger partial charge in [-0.05, 0) is 30.7 Å². The minimum Gasteiger partial charge on any atom is -0.480 e. The highest BCUT2D eigenvalue weighted by Gasteiger charge is 2.20. The second kappa shape index (κ2) is 8.61. The van der Waals surface area contributed by atoms with Crippen LogP contribution in [-0.2, 0) is 4.79 Å². The van der Waals surface area contributed by atoms with Gasteiger partial charge in [0.25, 0.3) is 11.7 Å². The lowest BCUT2D eigenvalue weighted by Crippen LogP contribution is -2.40. The average Bonchev–Trinajstić information content (AvgIpc) is 2.43. The molecule has 0 radical (unpaired) electrons. The van der Waals surface area contributed by atoms with Gasteiger partial charge in [-0.3, -0.25) is 4.79 Å². The molecule has 0 saturated heterocycles. The van der Waals surface area contributed by atoms with Crippen LogP contribution in [0.15, 0.2) is 29.2 Å². The van der Waals surface area contributed by atoms with Gasteiger partial charge < -0.3 is 10.4 Å². The van der Waals surface area contributed by atoms with Gasteiger partial charge in [0.2, 0.25) is 0 Å². The lowest BCUT2D eigenvalue weighted by Gasteiger charge is -2.14. The van der Waals surface area contributed by atoms with Gasteiger partial charge in [0.15, 0.2) is 0 Å². The average molecular weight is 317 g/mol. The summed E-state index contributed by atoms with van der Waals surface area (Å²) in [6.07, 6.45) is 1.89. The first-order chi connectivity index (χ1) is 9.93. The number of nitrogens with one attached hydrogen (secondary N) is 1. The van der Waals surface area contributed by atoms with E-state index >= 15 is 0 Å². The molecule has 1 aromatic carbocycles. The molecule has 0 bridgehead atoms.